The minimum absolute atomic E-state index is 0.0125. The second-order valence-electron chi connectivity index (χ2n) is 12.2. The Labute approximate surface area is 265 Å². The highest BCUT2D eigenvalue weighted by Crippen LogP contribution is 2.46. The van der Waals surface area contributed by atoms with E-state index in [1.165, 1.54) is 17.9 Å². The summed E-state index contributed by atoms with van der Waals surface area (Å²) < 4.78 is 48.3. The van der Waals surface area contributed by atoms with Crippen molar-refractivity contribution in [2.45, 2.75) is 69.6 Å². The van der Waals surface area contributed by atoms with E-state index in [2.05, 4.69) is 12.6 Å². The number of hydrogen-bond acceptors (Lipinski definition) is 8. The molecule has 5 rings (SSSR count). The molecule has 0 saturated carbocycles. The van der Waals surface area contributed by atoms with Gasteiger partial charge in [0.05, 0.1) is 34.7 Å². The van der Waals surface area contributed by atoms with E-state index < -0.39 is 35.2 Å². The molecule has 1 amide bonds. The fourth-order valence-electron chi connectivity index (χ4n) is 6.92. The number of carbonyl (C=O) groups excluding carboxylic acids is 2. The molecule has 4 atom stereocenters. The third-order valence-corrected chi connectivity index (χ3v) is 9.91. The number of amides is 1. The molecule has 3 aliphatic rings. The summed E-state index contributed by atoms with van der Waals surface area (Å²) in [7, 11) is 1.82. The molecule has 1 aliphatic carbocycles. The molecule has 13 heteroatoms. The highest BCUT2D eigenvalue weighted by molar-refractivity contribution is 6.31. The van der Waals surface area contributed by atoms with Gasteiger partial charge in [0.2, 0.25) is 0 Å². The average Bonchev–Trinajstić information content (AvgIpc) is 3.54. The highest BCUT2D eigenvalue weighted by atomic mass is 35.5. The smallest absolute Gasteiger partial charge is 0.318 e. The monoisotopic (exact) mass is 644 g/mol. The lowest BCUT2D eigenvalue weighted by atomic mass is 9.74. The molecule has 2 aliphatic heterocycles. The Morgan fingerprint density at radius 3 is 2.64 bits per heavy atom. The van der Waals surface area contributed by atoms with Gasteiger partial charge in [0.15, 0.2) is 5.83 Å². The van der Waals surface area contributed by atoms with Gasteiger partial charge in [-0.15, -0.1) is 0 Å². The molecule has 1 aromatic carbocycles. The number of carbonyl (C=O) groups is 2. The van der Waals surface area contributed by atoms with E-state index in [0.29, 0.717) is 54.0 Å². The predicted molar refractivity (Wildman–Crippen MR) is 162 cm³/mol. The summed E-state index contributed by atoms with van der Waals surface area (Å²) in [6.07, 6.45) is 0.339. The third kappa shape index (κ3) is 6.25. The van der Waals surface area contributed by atoms with E-state index in [1.54, 1.807) is 6.07 Å². The molecule has 0 bridgehead atoms. The van der Waals surface area contributed by atoms with Gasteiger partial charge in [-0.3, -0.25) is 14.5 Å². The molecule has 1 unspecified atom stereocenters. The number of alkyl halides is 1. The van der Waals surface area contributed by atoms with Gasteiger partial charge in [-0.25, -0.2) is 13.2 Å². The number of nitriles is 1. The van der Waals surface area contributed by atoms with Gasteiger partial charge in [-0.2, -0.15) is 15.2 Å². The SMILES string of the molecule is C=C(F)C(=O)N1CCN(c2nc(OC[C@@H]3C[C@@H](F)CN3C)nc(CC3(C(C)=O)CCc4c3ccc(F)c4Cl)c2C)C[C@@H]1CC#N. The maximum atomic E-state index is 14.3. The third-order valence-electron chi connectivity index (χ3n) is 9.50. The summed E-state index contributed by atoms with van der Waals surface area (Å²) >= 11 is 6.33. The van der Waals surface area contributed by atoms with Gasteiger partial charge >= 0.3 is 6.01 Å². The summed E-state index contributed by atoms with van der Waals surface area (Å²) in [5.74, 6) is -2.12. The Bertz CT molecular complexity index is 1570. The van der Waals surface area contributed by atoms with Crippen LogP contribution in [0.3, 0.4) is 0 Å². The minimum Gasteiger partial charge on any atom is -0.462 e. The van der Waals surface area contributed by atoms with Crippen molar-refractivity contribution >= 4 is 29.1 Å². The van der Waals surface area contributed by atoms with Crippen LogP contribution in [0.5, 0.6) is 6.01 Å². The number of likely N-dealkylation sites (tertiary alicyclic amines) is 1. The topological polar surface area (TPSA) is 103 Å². The van der Waals surface area contributed by atoms with Gasteiger partial charge in [0, 0.05) is 44.2 Å². The fourth-order valence-corrected chi connectivity index (χ4v) is 7.18. The van der Waals surface area contributed by atoms with E-state index in [0.717, 1.165) is 0 Å². The summed E-state index contributed by atoms with van der Waals surface area (Å²) in [6.45, 7) is 7.50. The molecule has 2 fully saturated rings. The van der Waals surface area contributed by atoms with Crippen molar-refractivity contribution < 1.29 is 27.5 Å². The van der Waals surface area contributed by atoms with E-state index in [-0.39, 0.29) is 61.9 Å². The van der Waals surface area contributed by atoms with E-state index in [9.17, 15) is 28.0 Å². The van der Waals surface area contributed by atoms with Crippen LogP contribution in [0.4, 0.5) is 19.0 Å². The van der Waals surface area contributed by atoms with Crippen LogP contribution in [0.1, 0.15) is 48.6 Å². The van der Waals surface area contributed by atoms with Crippen LogP contribution in [0, 0.1) is 24.1 Å². The maximum absolute atomic E-state index is 14.3. The molecule has 2 aromatic rings. The summed E-state index contributed by atoms with van der Waals surface area (Å²) in [4.78, 5) is 40.4. The van der Waals surface area contributed by atoms with Gasteiger partial charge < -0.3 is 14.5 Å². The number of likely N-dealkylation sites (N-methyl/N-ethyl adjacent to an activating group) is 1. The van der Waals surface area contributed by atoms with Crippen molar-refractivity contribution in [1.82, 2.24) is 19.8 Å². The van der Waals surface area contributed by atoms with Crippen molar-refractivity contribution in [2.75, 3.05) is 44.7 Å². The van der Waals surface area contributed by atoms with Gasteiger partial charge in [0.25, 0.3) is 5.91 Å². The van der Waals surface area contributed by atoms with Crippen molar-refractivity contribution in [3.63, 3.8) is 0 Å². The Morgan fingerprint density at radius 1 is 1.24 bits per heavy atom. The Morgan fingerprint density at radius 2 is 2.00 bits per heavy atom. The van der Waals surface area contributed by atoms with Crippen molar-refractivity contribution in [3.8, 4) is 12.1 Å². The zero-order valence-corrected chi connectivity index (χ0v) is 26.3. The molecule has 0 radical (unpaired) electrons. The maximum Gasteiger partial charge on any atom is 0.318 e. The molecule has 240 valence electrons. The first-order chi connectivity index (χ1) is 21.4. The number of benzene rings is 1. The van der Waals surface area contributed by atoms with Gasteiger partial charge in [-0.05, 0) is 57.4 Å². The molecule has 2 saturated heterocycles. The van der Waals surface area contributed by atoms with Crippen LogP contribution in [-0.4, -0.2) is 89.5 Å². The van der Waals surface area contributed by atoms with Crippen LogP contribution < -0.4 is 9.64 Å². The van der Waals surface area contributed by atoms with E-state index in [4.69, 9.17) is 26.3 Å². The summed E-state index contributed by atoms with van der Waals surface area (Å²) in [5.41, 5.74) is 1.46. The first-order valence-electron chi connectivity index (χ1n) is 15.0. The standard InChI is InChI=1S/C32H36ClF3N6O3/c1-18-27(14-32(20(3)43)9-7-24-25(32)5-6-26(36)28(24)33)38-31(45-17-23-13-21(35)15-40(23)4)39-29(18)41-11-12-42(30(44)19(2)34)22(16-41)8-10-37/h5-6,21-23H,2,7-9,11-17H2,1,3-4H3/t21-,22+,23+,32?/m1/s1. The Kier molecular flexibility index (Phi) is 9.42. The minimum atomic E-state index is -1.10. The number of halogens is 4. The number of anilines is 1. The molecule has 3 heterocycles. The number of rotatable bonds is 9. The van der Waals surface area contributed by atoms with Crippen LogP contribution >= 0.6 is 11.6 Å². The molecule has 1 aromatic heterocycles. The Hall–Kier alpha value is -3.69. The second kappa shape index (κ2) is 13.0. The number of nitrogens with zero attached hydrogens (tertiary/aromatic N) is 6. The van der Waals surface area contributed by atoms with E-state index >= 15 is 0 Å². The van der Waals surface area contributed by atoms with Gasteiger partial charge in [-0.1, -0.05) is 24.2 Å². The predicted octanol–water partition coefficient (Wildman–Crippen LogP) is 4.43. The number of ether oxygens (including phenoxy) is 1. The van der Waals surface area contributed by atoms with Crippen LogP contribution in [0.25, 0.3) is 0 Å². The first kappa shape index (κ1) is 32.7. The van der Waals surface area contributed by atoms with Crippen LogP contribution in [0.2, 0.25) is 5.02 Å². The van der Waals surface area contributed by atoms with Crippen molar-refractivity contribution in [3.05, 3.63) is 57.8 Å². The van der Waals surface area contributed by atoms with Crippen molar-refractivity contribution in [2.24, 2.45) is 0 Å². The zero-order chi connectivity index (χ0) is 32.6. The lowest BCUT2D eigenvalue weighted by Crippen LogP contribution is -2.55. The number of ketones is 1. The number of hydrogen-bond donors (Lipinski definition) is 0. The Balaban J connectivity index is 1.53. The number of fused-ring (bicyclic) bond motifs is 1. The second-order valence-corrected chi connectivity index (χ2v) is 12.6. The number of piperazine rings is 1. The van der Waals surface area contributed by atoms with Crippen LogP contribution in [-0.2, 0) is 27.8 Å². The highest BCUT2D eigenvalue weighted by Gasteiger charge is 2.45. The van der Waals surface area contributed by atoms with Crippen LogP contribution in [0.15, 0.2) is 24.5 Å². The first-order valence-corrected chi connectivity index (χ1v) is 15.3. The molecular weight excluding hydrogens is 609 g/mol. The lowest BCUT2D eigenvalue weighted by molar-refractivity contribution is -0.131. The molecule has 9 nitrogen and oxygen atoms in total. The van der Waals surface area contributed by atoms with Gasteiger partial charge in [0.1, 0.15) is 30.2 Å². The largest absolute Gasteiger partial charge is 0.462 e. The molecular formula is C32H36ClF3N6O3. The van der Waals surface area contributed by atoms with E-state index in [1.807, 2.05) is 23.8 Å². The molecule has 0 N–H and O–H groups in total. The zero-order valence-electron chi connectivity index (χ0n) is 25.6. The normalized spacial score (nSPS) is 24.8. The van der Waals surface area contributed by atoms with Crippen molar-refractivity contribution in [1.29, 1.82) is 5.26 Å². The average molecular weight is 645 g/mol. The lowest BCUT2D eigenvalue weighted by Gasteiger charge is -2.41. The fraction of sp³-hybridized carbons (Fsp3) is 0.531. The quantitative estimate of drug-likeness (QED) is 0.370. The summed E-state index contributed by atoms with van der Waals surface area (Å²) in [6, 6.07) is 4.20. The molecule has 45 heavy (non-hydrogen) atoms. The molecule has 0 spiro atoms. The summed E-state index contributed by atoms with van der Waals surface area (Å²) in [5, 5.41) is 9.48. The number of Topliss-reactive ketones (excluding diaryl/α,β-unsaturated/α-hetero) is 1. The number of aromatic nitrogens is 2.